The van der Waals surface area contributed by atoms with E-state index < -0.39 is 0 Å². The van der Waals surface area contributed by atoms with E-state index in [1.54, 1.807) is 11.3 Å². The Bertz CT molecular complexity index is 463. The van der Waals surface area contributed by atoms with Crippen LogP contribution < -0.4 is 16.0 Å². The Morgan fingerprint density at radius 3 is 2.55 bits per heavy atom. The first-order valence-electron chi connectivity index (χ1n) is 7.76. The molecule has 0 aromatic carbocycles. The lowest BCUT2D eigenvalue weighted by atomic mass is 9.96. The number of nitrogens with one attached hydrogen (secondary N) is 3. The van der Waals surface area contributed by atoms with E-state index in [0.29, 0.717) is 13.1 Å². The van der Waals surface area contributed by atoms with Crippen molar-refractivity contribution in [3.8, 4) is 0 Å². The van der Waals surface area contributed by atoms with E-state index in [4.69, 9.17) is 0 Å². The van der Waals surface area contributed by atoms with Crippen LogP contribution in [0.1, 0.15) is 32.6 Å². The molecule has 0 radical (unpaired) electrons. The van der Waals surface area contributed by atoms with Gasteiger partial charge in [0, 0.05) is 42.9 Å². The summed E-state index contributed by atoms with van der Waals surface area (Å²) in [4.78, 5) is 17.6. The van der Waals surface area contributed by atoms with Gasteiger partial charge in [-0.3, -0.25) is 9.79 Å². The topological polar surface area (TPSA) is 65.5 Å². The molecule has 5 nitrogen and oxygen atoms in total. The summed E-state index contributed by atoms with van der Waals surface area (Å²) in [5, 5.41) is 11.4. The summed E-state index contributed by atoms with van der Waals surface area (Å²) < 4.78 is 0. The summed E-state index contributed by atoms with van der Waals surface area (Å²) in [5.41, 5.74) is -0.348. The van der Waals surface area contributed by atoms with E-state index in [1.807, 2.05) is 27.7 Å². The van der Waals surface area contributed by atoms with Crippen LogP contribution in [0.5, 0.6) is 0 Å². The summed E-state index contributed by atoms with van der Waals surface area (Å²) in [5.74, 6) is 0.859. The Kier molecular flexibility index (Phi) is 7.95. The monoisotopic (exact) mass is 324 g/mol. The number of hydrogen-bond donors (Lipinski definition) is 3. The van der Waals surface area contributed by atoms with E-state index in [2.05, 4.69) is 38.5 Å². The van der Waals surface area contributed by atoms with Crippen molar-refractivity contribution in [3.05, 3.63) is 22.4 Å². The van der Waals surface area contributed by atoms with Crippen molar-refractivity contribution >= 4 is 23.2 Å². The molecule has 0 atom stereocenters. The van der Waals surface area contributed by atoms with Gasteiger partial charge in [0.25, 0.3) is 0 Å². The average Bonchev–Trinajstić information content (AvgIpc) is 2.95. The number of guanidine groups is 1. The van der Waals surface area contributed by atoms with Crippen molar-refractivity contribution in [1.29, 1.82) is 0 Å². The number of nitrogens with zero attached hydrogens (tertiary/aromatic N) is 1. The van der Waals surface area contributed by atoms with E-state index in [9.17, 15) is 4.79 Å². The van der Waals surface area contributed by atoms with E-state index >= 15 is 0 Å². The molecule has 124 valence electrons. The van der Waals surface area contributed by atoms with Gasteiger partial charge in [0.1, 0.15) is 0 Å². The Balaban J connectivity index is 2.29. The van der Waals surface area contributed by atoms with Crippen LogP contribution in [-0.4, -0.2) is 38.0 Å². The zero-order valence-corrected chi connectivity index (χ0v) is 14.8. The molecule has 0 saturated heterocycles. The van der Waals surface area contributed by atoms with Crippen LogP contribution in [0, 0.1) is 5.41 Å². The Labute approximate surface area is 137 Å². The van der Waals surface area contributed by atoms with Crippen molar-refractivity contribution in [1.82, 2.24) is 16.0 Å². The highest BCUT2D eigenvalue weighted by Gasteiger charge is 2.20. The molecule has 0 spiro atoms. The lowest BCUT2D eigenvalue weighted by Gasteiger charge is -2.18. The SMILES string of the molecule is CCNC(=NCCc1cccs1)NCCNC(=O)C(C)(C)C. The van der Waals surface area contributed by atoms with Crippen molar-refractivity contribution in [2.24, 2.45) is 10.4 Å². The van der Waals surface area contributed by atoms with Gasteiger partial charge in [-0.2, -0.15) is 0 Å². The standard InChI is InChI=1S/C16H28N4OS/c1-5-17-15(19-9-8-13-7-6-12-22-13)20-11-10-18-14(21)16(2,3)4/h6-7,12H,5,8-11H2,1-4H3,(H,18,21)(H2,17,19,20). The highest BCUT2D eigenvalue weighted by atomic mass is 32.1. The van der Waals surface area contributed by atoms with Gasteiger partial charge in [-0.15, -0.1) is 11.3 Å². The second kappa shape index (κ2) is 9.46. The fourth-order valence-corrected chi connectivity index (χ4v) is 2.39. The molecule has 3 N–H and O–H groups in total. The van der Waals surface area contributed by atoms with Crippen LogP contribution in [0.2, 0.25) is 0 Å². The molecule has 0 fully saturated rings. The van der Waals surface area contributed by atoms with Gasteiger partial charge in [0.2, 0.25) is 5.91 Å². The quantitative estimate of drug-likeness (QED) is 0.408. The molecule has 0 saturated carbocycles. The highest BCUT2D eigenvalue weighted by Crippen LogP contribution is 2.11. The van der Waals surface area contributed by atoms with Crippen molar-refractivity contribution in [3.63, 3.8) is 0 Å². The molecule has 0 bridgehead atoms. The summed E-state index contributed by atoms with van der Waals surface area (Å²) in [7, 11) is 0. The predicted molar refractivity (Wildman–Crippen MR) is 94.5 cm³/mol. The van der Waals surface area contributed by atoms with Crippen LogP contribution in [0.4, 0.5) is 0 Å². The zero-order valence-electron chi connectivity index (χ0n) is 14.0. The molecule has 0 unspecified atom stereocenters. The van der Waals surface area contributed by atoms with Crippen LogP contribution in [-0.2, 0) is 11.2 Å². The lowest BCUT2D eigenvalue weighted by molar-refractivity contribution is -0.128. The third-order valence-electron chi connectivity index (χ3n) is 2.94. The molecular weight excluding hydrogens is 296 g/mol. The molecule has 6 heteroatoms. The maximum atomic E-state index is 11.8. The number of aliphatic imine (C=N–C) groups is 1. The summed E-state index contributed by atoms with van der Waals surface area (Å²) in [6, 6.07) is 4.19. The van der Waals surface area contributed by atoms with Crippen LogP contribution in [0.15, 0.2) is 22.5 Å². The first-order valence-corrected chi connectivity index (χ1v) is 8.64. The molecule has 0 aliphatic rings. The Hall–Kier alpha value is -1.56. The van der Waals surface area contributed by atoms with Crippen molar-refractivity contribution in [2.75, 3.05) is 26.2 Å². The first-order chi connectivity index (χ1) is 10.4. The smallest absolute Gasteiger partial charge is 0.225 e. The van der Waals surface area contributed by atoms with E-state index in [-0.39, 0.29) is 11.3 Å². The number of amides is 1. The zero-order chi connectivity index (χ0) is 16.4. The molecule has 0 aliphatic heterocycles. The molecular formula is C16H28N4OS. The maximum Gasteiger partial charge on any atom is 0.225 e. The second-order valence-electron chi connectivity index (χ2n) is 6.02. The first kappa shape index (κ1) is 18.5. The molecule has 1 rings (SSSR count). The number of carbonyl (C=O) groups excluding carboxylic acids is 1. The minimum atomic E-state index is -0.348. The minimum absolute atomic E-state index is 0.0638. The molecule has 1 heterocycles. The summed E-state index contributed by atoms with van der Waals surface area (Å²) in [6.07, 6.45) is 0.953. The molecule has 1 amide bonds. The van der Waals surface area contributed by atoms with Gasteiger partial charge >= 0.3 is 0 Å². The number of thiophene rings is 1. The second-order valence-corrected chi connectivity index (χ2v) is 7.05. The third kappa shape index (κ3) is 7.45. The Morgan fingerprint density at radius 2 is 1.95 bits per heavy atom. The molecule has 22 heavy (non-hydrogen) atoms. The van der Waals surface area contributed by atoms with Crippen LogP contribution >= 0.6 is 11.3 Å². The van der Waals surface area contributed by atoms with Crippen molar-refractivity contribution < 1.29 is 4.79 Å². The average molecular weight is 324 g/mol. The van der Waals surface area contributed by atoms with Crippen LogP contribution in [0.25, 0.3) is 0 Å². The Morgan fingerprint density at radius 1 is 1.23 bits per heavy atom. The number of rotatable bonds is 7. The van der Waals surface area contributed by atoms with Crippen molar-refractivity contribution in [2.45, 2.75) is 34.1 Å². The van der Waals surface area contributed by atoms with Gasteiger partial charge in [0.05, 0.1) is 0 Å². The highest BCUT2D eigenvalue weighted by molar-refractivity contribution is 7.09. The number of carbonyl (C=O) groups is 1. The fourth-order valence-electron chi connectivity index (χ4n) is 1.70. The largest absolute Gasteiger partial charge is 0.357 e. The summed E-state index contributed by atoms with van der Waals surface area (Å²) in [6.45, 7) is 10.6. The number of hydrogen-bond acceptors (Lipinski definition) is 3. The van der Waals surface area contributed by atoms with Crippen LogP contribution in [0.3, 0.4) is 0 Å². The molecule has 1 aromatic heterocycles. The maximum absolute atomic E-state index is 11.8. The normalized spacial score (nSPS) is 12.1. The van der Waals surface area contributed by atoms with Gasteiger partial charge in [0.15, 0.2) is 5.96 Å². The van der Waals surface area contributed by atoms with Gasteiger partial charge in [-0.1, -0.05) is 26.8 Å². The lowest BCUT2D eigenvalue weighted by Crippen LogP contribution is -2.43. The summed E-state index contributed by atoms with van der Waals surface area (Å²) >= 11 is 1.76. The predicted octanol–water partition coefficient (Wildman–Crippen LogP) is 2.01. The molecule has 0 aliphatic carbocycles. The molecule has 1 aromatic rings. The van der Waals surface area contributed by atoms with Gasteiger partial charge in [-0.05, 0) is 18.4 Å². The van der Waals surface area contributed by atoms with E-state index in [0.717, 1.165) is 25.5 Å². The fraction of sp³-hybridized carbons (Fsp3) is 0.625. The van der Waals surface area contributed by atoms with Gasteiger partial charge in [-0.25, -0.2) is 0 Å². The third-order valence-corrected chi connectivity index (χ3v) is 3.87. The van der Waals surface area contributed by atoms with E-state index in [1.165, 1.54) is 4.88 Å². The minimum Gasteiger partial charge on any atom is -0.357 e. The van der Waals surface area contributed by atoms with Gasteiger partial charge < -0.3 is 16.0 Å².